The van der Waals surface area contributed by atoms with Crippen molar-refractivity contribution < 1.29 is 0 Å². The van der Waals surface area contributed by atoms with Crippen LogP contribution < -0.4 is 5.32 Å². The van der Waals surface area contributed by atoms with Crippen molar-refractivity contribution in [2.75, 3.05) is 13.1 Å². The summed E-state index contributed by atoms with van der Waals surface area (Å²) >= 11 is 0. The lowest BCUT2D eigenvalue weighted by molar-refractivity contribution is 0.269. The van der Waals surface area contributed by atoms with Gasteiger partial charge in [-0.3, -0.25) is 4.68 Å². The zero-order valence-corrected chi connectivity index (χ0v) is 11.1. The Labute approximate surface area is 104 Å². The van der Waals surface area contributed by atoms with Crippen LogP contribution in [0.5, 0.6) is 0 Å². The van der Waals surface area contributed by atoms with E-state index in [0.717, 1.165) is 25.3 Å². The van der Waals surface area contributed by atoms with E-state index in [1.807, 2.05) is 11.7 Å². The van der Waals surface area contributed by atoms with Crippen LogP contribution in [0.3, 0.4) is 0 Å². The first-order valence-corrected chi connectivity index (χ1v) is 6.79. The van der Waals surface area contributed by atoms with Crippen LogP contribution in [0.1, 0.15) is 44.9 Å². The molecular weight excluding hydrogens is 212 g/mol. The predicted molar refractivity (Wildman–Crippen MR) is 68.8 cm³/mol. The molecule has 0 unspecified atom stereocenters. The molecule has 1 aromatic rings. The number of nitrogens with zero attached hydrogens (tertiary/aromatic N) is 3. The van der Waals surface area contributed by atoms with E-state index in [9.17, 15) is 0 Å². The molecule has 0 aliphatic heterocycles. The highest BCUT2D eigenvalue weighted by molar-refractivity contribution is 4.97. The van der Waals surface area contributed by atoms with Crippen molar-refractivity contribution in [3.63, 3.8) is 0 Å². The third-order valence-corrected chi connectivity index (χ3v) is 3.93. The second-order valence-electron chi connectivity index (χ2n) is 5.36. The Hall–Kier alpha value is -0.900. The number of hydrogen-bond donors (Lipinski definition) is 1. The molecule has 1 fully saturated rings. The normalized spacial score (nSPS) is 18.7. The molecule has 4 nitrogen and oxygen atoms in total. The molecule has 0 amide bonds. The molecular formula is C13H24N4. The fourth-order valence-electron chi connectivity index (χ4n) is 2.89. The summed E-state index contributed by atoms with van der Waals surface area (Å²) in [6.07, 6.45) is 9.34. The molecule has 1 aliphatic rings. The van der Waals surface area contributed by atoms with E-state index in [1.54, 1.807) is 6.33 Å². The van der Waals surface area contributed by atoms with Gasteiger partial charge in [-0.05, 0) is 31.2 Å². The minimum absolute atomic E-state index is 0.427. The Morgan fingerprint density at radius 2 is 2.18 bits per heavy atom. The molecule has 0 saturated heterocycles. The molecule has 1 aliphatic carbocycles. The fourth-order valence-corrected chi connectivity index (χ4v) is 2.89. The van der Waals surface area contributed by atoms with Crippen molar-refractivity contribution >= 4 is 0 Å². The van der Waals surface area contributed by atoms with E-state index in [0.29, 0.717) is 5.41 Å². The van der Waals surface area contributed by atoms with Gasteiger partial charge in [-0.15, -0.1) is 0 Å². The first-order valence-electron chi connectivity index (χ1n) is 6.79. The lowest BCUT2D eigenvalue weighted by Crippen LogP contribution is -2.35. The van der Waals surface area contributed by atoms with E-state index in [1.165, 1.54) is 32.1 Å². The van der Waals surface area contributed by atoms with Gasteiger partial charge in [0.1, 0.15) is 12.2 Å². The van der Waals surface area contributed by atoms with Gasteiger partial charge in [0.2, 0.25) is 0 Å². The van der Waals surface area contributed by atoms with E-state index in [4.69, 9.17) is 0 Å². The van der Waals surface area contributed by atoms with Crippen LogP contribution in [0.15, 0.2) is 6.33 Å². The van der Waals surface area contributed by atoms with Crippen LogP contribution >= 0.6 is 0 Å². The molecule has 0 aromatic carbocycles. The summed E-state index contributed by atoms with van der Waals surface area (Å²) in [7, 11) is 1.99. The maximum Gasteiger partial charge on any atom is 0.138 e. The predicted octanol–water partition coefficient (Wildman–Crippen LogP) is 1.92. The third kappa shape index (κ3) is 3.06. The van der Waals surface area contributed by atoms with Gasteiger partial charge in [-0.2, -0.15) is 5.10 Å². The third-order valence-electron chi connectivity index (χ3n) is 3.93. The zero-order chi connectivity index (χ0) is 12.1. The lowest BCUT2D eigenvalue weighted by atomic mass is 9.82. The minimum Gasteiger partial charge on any atom is -0.316 e. The SMILES string of the molecule is CCCNCC1(Cc2ncnn2C)CCCC1. The van der Waals surface area contributed by atoms with Crippen molar-refractivity contribution in [1.29, 1.82) is 0 Å². The number of aryl methyl sites for hydroxylation is 1. The molecule has 0 bridgehead atoms. The van der Waals surface area contributed by atoms with Crippen LogP contribution in [-0.2, 0) is 13.5 Å². The lowest BCUT2D eigenvalue weighted by Gasteiger charge is -2.28. The van der Waals surface area contributed by atoms with Crippen molar-refractivity contribution in [3.05, 3.63) is 12.2 Å². The smallest absolute Gasteiger partial charge is 0.138 e. The molecule has 0 spiro atoms. The van der Waals surface area contributed by atoms with Crippen LogP contribution in [-0.4, -0.2) is 27.9 Å². The molecule has 2 rings (SSSR count). The minimum atomic E-state index is 0.427. The number of nitrogens with one attached hydrogen (secondary N) is 1. The number of hydrogen-bond acceptors (Lipinski definition) is 3. The van der Waals surface area contributed by atoms with Gasteiger partial charge in [-0.1, -0.05) is 19.8 Å². The first kappa shape index (κ1) is 12.6. The first-order chi connectivity index (χ1) is 8.26. The molecule has 1 heterocycles. The van der Waals surface area contributed by atoms with Crippen LogP contribution in [0, 0.1) is 5.41 Å². The number of aromatic nitrogens is 3. The maximum absolute atomic E-state index is 4.38. The van der Waals surface area contributed by atoms with Crippen LogP contribution in [0.2, 0.25) is 0 Å². The molecule has 1 N–H and O–H groups in total. The molecule has 0 atom stereocenters. The molecule has 1 saturated carbocycles. The standard InChI is InChI=1S/C13H24N4/c1-3-8-14-10-13(6-4-5-7-13)9-12-15-11-16-17(12)2/h11,14H,3-10H2,1-2H3. The summed E-state index contributed by atoms with van der Waals surface area (Å²) < 4.78 is 1.92. The molecule has 4 heteroatoms. The van der Waals surface area contributed by atoms with Crippen molar-refractivity contribution in [1.82, 2.24) is 20.1 Å². The van der Waals surface area contributed by atoms with Crippen LogP contribution in [0.25, 0.3) is 0 Å². The van der Waals surface area contributed by atoms with Gasteiger partial charge in [-0.25, -0.2) is 4.98 Å². The van der Waals surface area contributed by atoms with Crippen LogP contribution in [0.4, 0.5) is 0 Å². The summed E-state index contributed by atoms with van der Waals surface area (Å²) in [6, 6.07) is 0. The largest absolute Gasteiger partial charge is 0.316 e. The summed E-state index contributed by atoms with van der Waals surface area (Å²) in [6.45, 7) is 4.48. The van der Waals surface area contributed by atoms with Gasteiger partial charge in [0, 0.05) is 20.0 Å². The summed E-state index contributed by atoms with van der Waals surface area (Å²) in [5.41, 5.74) is 0.427. The summed E-state index contributed by atoms with van der Waals surface area (Å²) in [4.78, 5) is 4.38. The Kier molecular flexibility index (Phi) is 4.15. The Morgan fingerprint density at radius 3 is 2.76 bits per heavy atom. The highest BCUT2D eigenvalue weighted by Crippen LogP contribution is 2.40. The van der Waals surface area contributed by atoms with E-state index in [-0.39, 0.29) is 0 Å². The Balaban J connectivity index is 1.99. The zero-order valence-electron chi connectivity index (χ0n) is 11.1. The number of rotatable bonds is 6. The summed E-state index contributed by atoms with van der Waals surface area (Å²) in [5.74, 6) is 1.13. The average molecular weight is 236 g/mol. The van der Waals surface area contributed by atoms with Gasteiger partial charge in [0.15, 0.2) is 0 Å². The fraction of sp³-hybridized carbons (Fsp3) is 0.846. The van der Waals surface area contributed by atoms with Crippen molar-refractivity contribution in [2.24, 2.45) is 12.5 Å². The highest BCUT2D eigenvalue weighted by atomic mass is 15.3. The molecule has 96 valence electrons. The van der Waals surface area contributed by atoms with Crippen molar-refractivity contribution in [2.45, 2.75) is 45.4 Å². The molecule has 1 aromatic heterocycles. The van der Waals surface area contributed by atoms with Gasteiger partial charge < -0.3 is 5.32 Å². The molecule has 0 radical (unpaired) electrons. The van der Waals surface area contributed by atoms with E-state index < -0.39 is 0 Å². The molecule has 17 heavy (non-hydrogen) atoms. The quantitative estimate of drug-likeness (QED) is 0.767. The average Bonchev–Trinajstić information content (AvgIpc) is 2.91. The van der Waals surface area contributed by atoms with Gasteiger partial charge in [0.25, 0.3) is 0 Å². The maximum atomic E-state index is 4.38. The Morgan fingerprint density at radius 1 is 1.41 bits per heavy atom. The van der Waals surface area contributed by atoms with E-state index >= 15 is 0 Å². The second-order valence-corrected chi connectivity index (χ2v) is 5.36. The highest BCUT2D eigenvalue weighted by Gasteiger charge is 2.34. The van der Waals surface area contributed by atoms with Crippen molar-refractivity contribution in [3.8, 4) is 0 Å². The Bertz CT molecular complexity index is 339. The second kappa shape index (κ2) is 5.63. The van der Waals surface area contributed by atoms with Gasteiger partial charge in [0.05, 0.1) is 0 Å². The topological polar surface area (TPSA) is 42.7 Å². The van der Waals surface area contributed by atoms with E-state index in [2.05, 4.69) is 22.3 Å². The monoisotopic (exact) mass is 236 g/mol. The summed E-state index contributed by atoms with van der Waals surface area (Å²) in [5, 5.41) is 7.76. The van der Waals surface area contributed by atoms with Gasteiger partial charge >= 0.3 is 0 Å².